The Hall–Kier alpha value is -2.86. The molecule has 0 bridgehead atoms. The number of likely N-dealkylation sites (tertiary alicyclic amines) is 1. The highest BCUT2D eigenvalue weighted by atomic mass is 35.5. The van der Waals surface area contributed by atoms with Crippen LogP contribution in [0.1, 0.15) is 10.4 Å². The van der Waals surface area contributed by atoms with E-state index in [2.05, 4.69) is 0 Å². The molecule has 0 saturated carbocycles. The van der Waals surface area contributed by atoms with Crippen LogP contribution in [-0.2, 0) is 9.53 Å². The van der Waals surface area contributed by atoms with Gasteiger partial charge in [0, 0.05) is 23.7 Å². The van der Waals surface area contributed by atoms with Crippen molar-refractivity contribution in [2.24, 2.45) is 0 Å². The minimum Gasteiger partial charge on any atom is -0.439 e. The van der Waals surface area contributed by atoms with Crippen LogP contribution in [-0.4, -0.2) is 53.4 Å². The van der Waals surface area contributed by atoms with E-state index < -0.39 is 6.09 Å². The van der Waals surface area contributed by atoms with E-state index in [9.17, 15) is 14.4 Å². The lowest BCUT2D eigenvalue weighted by Crippen LogP contribution is -2.62. The lowest BCUT2D eigenvalue weighted by molar-refractivity contribution is -0.129. The van der Waals surface area contributed by atoms with Crippen molar-refractivity contribution in [3.8, 4) is 11.1 Å². The smallest absolute Gasteiger partial charge is 0.417 e. The van der Waals surface area contributed by atoms with Gasteiger partial charge in [0.25, 0.3) is 11.8 Å². The van der Waals surface area contributed by atoms with Crippen molar-refractivity contribution >= 4 is 29.5 Å². The van der Waals surface area contributed by atoms with Crippen LogP contribution in [0.25, 0.3) is 11.1 Å². The molecule has 0 unspecified atom stereocenters. The summed E-state index contributed by atoms with van der Waals surface area (Å²) in [5.74, 6) is -0.475. The number of hydrogen-bond donors (Lipinski definition) is 0. The molecule has 0 aliphatic carbocycles. The molecule has 2 fully saturated rings. The maximum Gasteiger partial charge on any atom is 0.417 e. The molecule has 2 aliphatic rings. The highest BCUT2D eigenvalue weighted by molar-refractivity contribution is 6.30. The number of hydrogen-bond acceptors (Lipinski definition) is 4. The highest BCUT2D eigenvalue weighted by Crippen LogP contribution is 2.25. The SMILES string of the molecule is O=C(c1ccc(-c2cccc(Cl)c2)cc1)N1CC(N2C(=O)COC2=O)C1. The molecule has 2 aromatic rings. The molecule has 2 aliphatic heterocycles. The van der Waals surface area contributed by atoms with Crippen LogP contribution in [0.3, 0.4) is 0 Å². The van der Waals surface area contributed by atoms with Crippen LogP contribution in [0.2, 0.25) is 5.02 Å². The number of cyclic esters (lactones) is 1. The average molecular weight is 371 g/mol. The number of halogens is 1. The minimum atomic E-state index is -0.627. The summed E-state index contributed by atoms with van der Waals surface area (Å²) in [5.41, 5.74) is 2.51. The van der Waals surface area contributed by atoms with E-state index in [1.165, 1.54) is 0 Å². The van der Waals surface area contributed by atoms with Crippen LogP contribution in [0.5, 0.6) is 0 Å². The van der Waals surface area contributed by atoms with Crippen molar-refractivity contribution in [3.63, 3.8) is 0 Å². The molecule has 0 radical (unpaired) electrons. The van der Waals surface area contributed by atoms with E-state index >= 15 is 0 Å². The molecule has 6 nitrogen and oxygen atoms in total. The number of nitrogens with zero attached hydrogens (tertiary/aromatic N) is 2. The predicted octanol–water partition coefficient (Wildman–Crippen LogP) is 2.81. The van der Waals surface area contributed by atoms with Crippen LogP contribution in [0.4, 0.5) is 4.79 Å². The van der Waals surface area contributed by atoms with Gasteiger partial charge in [0.15, 0.2) is 6.61 Å². The van der Waals surface area contributed by atoms with Crippen LogP contribution in [0.15, 0.2) is 48.5 Å². The Morgan fingerprint density at radius 1 is 1.04 bits per heavy atom. The zero-order chi connectivity index (χ0) is 18.3. The molecule has 0 aromatic heterocycles. The fourth-order valence-electron chi connectivity index (χ4n) is 3.16. The topological polar surface area (TPSA) is 66.9 Å². The van der Waals surface area contributed by atoms with E-state index in [1.807, 2.05) is 36.4 Å². The quantitative estimate of drug-likeness (QED) is 0.833. The van der Waals surface area contributed by atoms with Crippen molar-refractivity contribution < 1.29 is 19.1 Å². The Morgan fingerprint density at radius 2 is 1.77 bits per heavy atom. The number of carbonyl (C=O) groups excluding carboxylic acids is 3. The van der Waals surface area contributed by atoms with Gasteiger partial charge >= 0.3 is 6.09 Å². The van der Waals surface area contributed by atoms with Gasteiger partial charge in [-0.1, -0.05) is 35.9 Å². The second-order valence-electron chi connectivity index (χ2n) is 6.27. The molecule has 3 amide bonds. The van der Waals surface area contributed by atoms with E-state index in [4.69, 9.17) is 16.3 Å². The van der Waals surface area contributed by atoms with Crippen molar-refractivity contribution in [3.05, 3.63) is 59.1 Å². The third kappa shape index (κ3) is 2.93. The highest BCUT2D eigenvalue weighted by Gasteiger charge is 2.44. The first kappa shape index (κ1) is 16.6. The first-order valence-electron chi connectivity index (χ1n) is 8.17. The largest absolute Gasteiger partial charge is 0.439 e. The first-order valence-corrected chi connectivity index (χ1v) is 8.55. The summed E-state index contributed by atoms with van der Waals surface area (Å²) in [7, 11) is 0. The Kier molecular flexibility index (Phi) is 4.12. The fraction of sp³-hybridized carbons (Fsp3) is 0.211. The van der Waals surface area contributed by atoms with Crippen LogP contribution in [0, 0.1) is 0 Å². The summed E-state index contributed by atoms with van der Waals surface area (Å²) < 4.78 is 4.70. The van der Waals surface area contributed by atoms with Gasteiger partial charge < -0.3 is 9.64 Å². The Labute approximate surface area is 154 Å². The standard InChI is InChI=1S/C19H15ClN2O4/c20-15-3-1-2-14(8-15)12-4-6-13(7-5-12)18(24)21-9-16(10-21)22-17(23)11-26-19(22)25/h1-8,16H,9-11H2. The van der Waals surface area contributed by atoms with E-state index in [0.717, 1.165) is 16.0 Å². The number of benzene rings is 2. The number of amides is 3. The number of imide groups is 1. The maximum absolute atomic E-state index is 12.5. The molecule has 2 aromatic carbocycles. The van der Waals surface area contributed by atoms with Gasteiger partial charge in [-0.25, -0.2) is 9.69 Å². The molecule has 0 N–H and O–H groups in total. The monoisotopic (exact) mass is 370 g/mol. The maximum atomic E-state index is 12.5. The third-order valence-electron chi connectivity index (χ3n) is 4.59. The Balaban J connectivity index is 1.42. The molecular formula is C19H15ClN2O4. The van der Waals surface area contributed by atoms with Crippen molar-refractivity contribution in [1.82, 2.24) is 9.80 Å². The van der Waals surface area contributed by atoms with Crippen molar-refractivity contribution in [2.45, 2.75) is 6.04 Å². The van der Waals surface area contributed by atoms with Gasteiger partial charge in [0.1, 0.15) is 0 Å². The van der Waals surface area contributed by atoms with Gasteiger partial charge in [-0.2, -0.15) is 0 Å². The average Bonchev–Trinajstić information content (AvgIpc) is 2.93. The molecule has 0 atom stereocenters. The second kappa shape index (κ2) is 6.46. The normalized spacial score (nSPS) is 17.3. The van der Waals surface area contributed by atoms with Crippen molar-refractivity contribution in [2.75, 3.05) is 19.7 Å². The number of ether oxygens (including phenoxy) is 1. The van der Waals surface area contributed by atoms with Gasteiger partial charge in [-0.05, 0) is 35.4 Å². The molecular weight excluding hydrogens is 356 g/mol. The molecule has 4 rings (SSSR count). The summed E-state index contributed by atoms with van der Waals surface area (Å²) in [6, 6.07) is 14.5. The summed E-state index contributed by atoms with van der Waals surface area (Å²) >= 11 is 6.01. The zero-order valence-electron chi connectivity index (χ0n) is 13.7. The lowest BCUT2D eigenvalue weighted by atomic mass is 10.0. The third-order valence-corrected chi connectivity index (χ3v) is 4.82. The molecule has 0 spiro atoms. The molecule has 7 heteroatoms. The predicted molar refractivity (Wildman–Crippen MR) is 94.8 cm³/mol. The molecule has 2 saturated heterocycles. The van der Waals surface area contributed by atoms with Gasteiger partial charge in [-0.3, -0.25) is 9.59 Å². The minimum absolute atomic E-state index is 0.126. The van der Waals surface area contributed by atoms with Gasteiger partial charge in [-0.15, -0.1) is 0 Å². The summed E-state index contributed by atoms with van der Waals surface area (Å²) in [4.78, 5) is 38.4. The first-order chi connectivity index (χ1) is 12.5. The Bertz CT molecular complexity index is 875. The van der Waals surface area contributed by atoms with Crippen molar-refractivity contribution in [1.29, 1.82) is 0 Å². The Morgan fingerprint density at radius 3 is 2.38 bits per heavy atom. The fourth-order valence-corrected chi connectivity index (χ4v) is 3.35. The lowest BCUT2D eigenvalue weighted by Gasteiger charge is -2.41. The summed E-state index contributed by atoms with van der Waals surface area (Å²) in [5, 5.41) is 0.657. The number of rotatable bonds is 3. The molecule has 2 heterocycles. The van der Waals surface area contributed by atoms with Gasteiger partial charge in [0.2, 0.25) is 0 Å². The molecule has 26 heavy (non-hydrogen) atoms. The summed E-state index contributed by atoms with van der Waals surface area (Å²) in [6.45, 7) is 0.444. The number of carbonyl (C=O) groups is 3. The summed E-state index contributed by atoms with van der Waals surface area (Å²) in [6.07, 6.45) is -0.627. The van der Waals surface area contributed by atoms with E-state index in [0.29, 0.717) is 23.7 Å². The molecule has 132 valence electrons. The van der Waals surface area contributed by atoms with Crippen LogP contribution >= 0.6 is 11.6 Å². The van der Waals surface area contributed by atoms with Crippen LogP contribution < -0.4 is 0 Å². The zero-order valence-corrected chi connectivity index (χ0v) is 14.5. The second-order valence-corrected chi connectivity index (χ2v) is 6.71. The van der Waals surface area contributed by atoms with E-state index in [1.54, 1.807) is 17.0 Å². The van der Waals surface area contributed by atoms with E-state index in [-0.39, 0.29) is 24.5 Å². The van der Waals surface area contributed by atoms with Gasteiger partial charge in [0.05, 0.1) is 6.04 Å².